The Kier molecular flexibility index (Phi) is 4.98. The molecule has 1 aromatic heterocycles. The number of nitro benzene ring substituents is 1. The van der Waals surface area contributed by atoms with Gasteiger partial charge in [-0.2, -0.15) is 0 Å². The molecule has 23 heavy (non-hydrogen) atoms. The first-order valence-corrected chi connectivity index (χ1v) is 6.65. The van der Waals surface area contributed by atoms with Crippen molar-refractivity contribution < 1.29 is 19.6 Å². The summed E-state index contributed by atoms with van der Waals surface area (Å²) in [6.07, 6.45) is 2.34. The van der Waals surface area contributed by atoms with Crippen molar-refractivity contribution in [3.8, 4) is 0 Å². The van der Waals surface area contributed by atoms with Gasteiger partial charge in [0.1, 0.15) is 0 Å². The van der Waals surface area contributed by atoms with E-state index in [4.69, 9.17) is 5.11 Å². The second-order valence-corrected chi connectivity index (χ2v) is 4.68. The predicted molar refractivity (Wildman–Crippen MR) is 79.8 cm³/mol. The van der Waals surface area contributed by atoms with Crippen LogP contribution in [0.25, 0.3) is 0 Å². The van der Waals surface area contributed by atoms with Gasteiger partial charge in [-0.3, -0.25) is 24.7 Å². The van der Waals surface area contributed by atoms with Crippen molar-refractivity contribution in [1.29, 1.82) is 0 Å². The molecular weight excluding hydrogens is 302 g/mol. The van der Waals surface area contributed by atoms with Gasteiger partial charge in [-0.15, -0.1) is 0 Å². The molecule has 1 amide bonds. The number of hydrogen-bond acceptors (Lipinski definition) is 5. The minimum Gasteiger partial charge on any atom is -0.481 e. The fourth-order valence-corrected chi connectivity index (χ4v) is 2.10. The molecule has 2 rings (SSSR count). The number of aliphatic carboxylic acids is 1. The van der Waals surface area contributed by atoms with Crippen molar-refractivity contribution in [3.63, 3.8) is 0 Å². The highest BCUT2D eigenvalue weighted by Gasteiger charge is 2.25. The lowest BCUT2D eigenvalue weighted by atomic mass is 10.0. The van der Waals surface area contributed by atoms with Crippen molar-refractivity contribution in [2.45, 2.75) is 12.5 Å². The zero-order valence-corrected chi connectivity index (χ0v) is 11.9. The van der Waals surface area contributed by atoms with Gasteiger partial charge in [0.25, 0.3) is 11.6 Å². The van der Waals surface area contributed by atoms with Gasteiger partial charge < -0.3 is 10.4 Å². The molecule has 0 aliphatic rings. The number of aromatic nitrogens is 1. The lowest BCUT2D eigenvalue weighted by Crippen LogP contribution is -2.30. The maximum Gasteiger partial charge on any atom is 0.305 e. The van der Waals surface area contributed by atoms with E-state index < -0.39 is 29.3 Å². The van der Waals surface area contributed by atoms with E-state index >= 15 is 0 Å². The van der Waals surface area contributed by atoms with Gasteiger partial charge in [-0.25, -0.2) is 0 Å². The molecule has 0 aliphatic carbocycles. The van der Waals surface area contributed by atoms with Crippen LogP contribution >= 0.6 is 0 Å². The monoisotopic (exact) mass is 315 g/mol. The van der Waals surface area contributed by atoms with Crippen molar-refractivity contribution in [2.75, 3.05) is 0 Å². The van der Waals surface area contributed by atoms with E-state index in [-0.39, 0.29) is 16.8 Å². The van der Waals surface area contributed by atoms with Crippen LogP contribution in [0.15, 0.2) is 48.8 Å². The Bertz CT molecular complexity index is 733. The number of carboxylic acid groups (broad SMARTS) is 1. The van der Waals surface area contributed by atoms with E-state index in [1.54, 1.807) is 12.1 Å². The first-order valence-electron chi connectivity index (χ1n) is 6.65. The number of nitrogens with zero attached hydrogens (tertiary/aromatic N) is 2. The third kappa shape index (κ3) is 4.10. The Morgan fingerprint density at radius 2 is 2.00 bits per heavy atom. The van der Waals surface area contributed by atoms with Crippen LogP contribution in [0.5, 0.6) is 0 Å². The Morgan fingerprint density at radius 1 is 1.26 bits per heavy atom. The van der Waals surface area contributed by atoms with Crippen LogP contribution < -0.4 is 5.32 Å². The first kappa shape index (κ1) is 16.1. The van der Waals surface area contributed by atoms with E-state index in [1.165, 1.54) is 36.7 Å². The summed E-state index contributed by atoms with van der Waals surface area (Å²) >= 11 is 0. The largest absolute Gasteiger partial charge is 0.481 e. The van der Waals surface area contributed by atoms with Gasteiger partial charge in [0, 0.05) is 18.5 Å². The summed E-state index contributed by atoms with van der Waals surface area (Å²) in [6, 6.07) is 7.76. The maximum absolute atomic E-state index is 12.2. The molecule has 2 aromatic rings. The van der Waals surface area contributed by atoms with Gasteiger partial charge in [0.05, 0.1) is 28.5 Å². The number of amides is 1. The minimum atomic E-state index is -1.18. The van der Waals surface area contributed by atoms with Crippen molar-refractivity contribution in [2.24, 2.45) is 0 Å². The van der Waals surface area contributed by atoms with Gasteiger partial charge in [0.15, 0.2) is 0 Å². The number of carboxylic acids is 1. The molecule has 1 unspecified atom stereocenters. The lowest BCUT2D eigenvalue weighted by Gasteiger charge is -2.17. The fraction of sp³-hybridized carbons (Fsp3) is 0.133. The molecule has 0 saturated heterocycles. The third-order valence-corrected chi connectivity index (χ3v) is 3.12. The number of para-hydroxylation sites is 1. The Labute approximate surface area is 130 Å². The molecule has 1 atom stereocenters. The van der Waals surface area contributed by atoms with Crippen molar-refractivity contribution in [1.82, 2.24) is 10.3 Å². The predicted octanol–water partition coefficient (Wildman–Crippen LogP) is 1.94. The summed E-state index contributed by atoms with van der Waals surface area (Å²) in [6.45, 7) is 0. The van der Waals surface area contributed by atoms with Crippen LogP contribution in [-0.4, -0.2) is 26.9 Å². The van der Waals surface area contributed by atoms with Gasteiger partial charge >= 0.3 is 5.97 Å². The molecule has 118 valence electrons. The van der Waals surface area contributed by atoms with Crippen LogP contribution in [0.1, 0.15) is 28.4 Å². The number of rotatable bonds is 6. The minimum absolute atomic E-state index is 0.136. The molecule has 1 aromatic carbocycles. The molecule has 8 heteroatoms. The summed E-state index contributed by atoms with van der Waals surface area (Å²) in [5.41, 5.74) is 0.129. The number of nitro groups is 1. The molecule has 2 N–H and O–H groups in total. The Morgan fingerprint density at radius 3 is 2.61 bits per heavy atom. The Balaban J connectivity index is 2.33. The molecule has 0 bridgehead atoms. The summed E-state index contributed by atoms with van der Waals surface area (Å²) in [5, 5.41) is 22.6. The molecule has 0 radical (unpaired) electrons. The van der Waals surface area contributed by atoms with E-state index in [0.29, 0.717) is 0 Å². The standard InChI is InChI=1S/C15H13N3O5/c19-14(20)8-12(11-5-1-2-6-13(11)18(22)23)17-15(21)10-4-3-7-16-9-10/h1-7,9,12H,8H2,(H,17,21)(H,19,20). The molecule has 0 spiro atoms. The Hall–Kier alpha value is -3.29. The normalized spacial score (nSPS) is 11.5. The summed E-state index contributed by atoms with van der Waals surface area (Å²) in [7, 11) is 0. The molecule has 8 nitrogen and oxygen atoms in total. The summed E-state index contributed by atoms with van der Waals surface area (Å²) in [5.74, 6) is -1.73. The van der Waals surface area contributed by atoms with Gasteiger partial charge in [-0.05, 0) is 12.1 Å². The second kappa shape index (κ2) is 7.12. The van der Waals surface area contributed by atoms with E-state index in [9.17, 15) is 19.7 Å². The van der Waals surface area contributed by atoms with Crippen LogP contribution in [0, 0.1) is 10.1 Å². The highest BCUT2D eigenvalue weighted by molar-refractivity contribution is 5.94. The molecule has 0 fully saturated rings. The number of pyridine rings is 1. The van der Waals surface area contributed by atoms with Crippen molar-refractivity contribution in [3.05, 3.63) is 70.0 Å². The SMILES string of the molecule is O=C(O)CC(NC(=O)c1cccnc1)c1ccccc1[N+](=O)[O-]. The van der Waals surface area contributed by atoms with Crippen molar-refractivity contribution >= 4 is 17.6 Å². The molecule has 0 aliphatic heterocycles. The molecule has 0 saturated carbocycles. The summed E-state index contributed by atoms with van der Waals surface area (Å²) < 4.78 is 0. The molecular formula is C15H13N3O5. The van der Waals surface area contributed by atoms with E-state index in [1.807, 2.05) is 0 Å². The summed E-state index contributed by atoms with van der Waals surface area (Å²) in [4.78, 5) is 37.5. The number of carbonyl (C=O) groups excluding carboxylic acids is 1. The van der Waals surface area contributed by atoms with Crippen LogP contribution in [0.4, 0.5) is 5.69 Å². The quantitative estimate of drug-likeness (QED) is 0.620. The highest BCUT2D eigenvalue weighted by Crippen LogP contribution is 2.27. The topological polar surface area (TPSA) is 122 Å². The number of carbonyl (C=O) groups is 2. The number of benzene rings is 1. The van der Waals surface area contributed by atoms with E-state index in [0.717, 1.165) is 0 Å². The second-order valence-electron chi connectivity index (χ2n) is 4.68. The average molecular weight is 315 g/mol. The maximum atomic E-state index is 12.2. The van der Waals surface area contributed by atoms with Crippen LogP contribution in [0.3, 0.4) is 0 Å². The van der Waals surface area contributed by atoms with Gasteiger partial charge in [0.2, 0.25) is 0 Å². The van der Waals surface area contributed by atoms with Crippen LogP contribution in [-0.2, 0) is 4.79 Å². The average Bonchev–Trinajstić information content (AvgIpc) is 2.54. The molecule has 1 heterocycles. The number of nitrogens with one attached hydrogen (secondary N) is 1. The zero-order valence-electron chi connectivity index (χ0n) is 11.9. The first-order chi connectivity index (χ1) is 11.0. The smallest absolute Gasteiger partial charge is 0.305 e. The zero-order chi connectivity index (χ0) is 16.8. The number of hydrogen-bond donors (Lipinski definition) is 2. The fourth-order valence-electron chi connectivity index (χ4n) is 2.10. The van der Waals surface area contributed by atoms with E-state index in [2.05, 4.69) is 10.3 Å². The highest BCUT2D eigenvalue weighted by atomic mass is 16.6. The third-order valence-electron chi connectivity index (χ3n) is 3.12. The van der Waals surface area contributed by atoms with Gasteiger partial charge in [-0.1, -0.05) is 18.2 Å². The lowest BCUT2D eigenvalue weighted by molar-refractivity contribution is -0.385. The van der Waals surface area contributed by atoms with Crippen LogP contribution in [0.2, 0.25) is 0 Å².